The van der Waals surface area contributed by atoms with Gasteiger partial charge < -0.3 is 15.1 Å². The van der Waals surface area contributed by atoms with Gasteiger partial charge >= 0.3 is 0 Å². The molecule has 7 nitrogen and oxygen atoms in total. The number of nitrogens with zero attached hydrogens (tertiary/aromatic N) is 5. The van der Waals surface area contributed by atoms with E-state index in [-0.39, 0.29) is 5.91 Å². The van der Waals surface area contributed by atoms with E-state index in [9.17, 15) is 4.79 Å². The number of pyridine rings is 1. The Morgan fingerprint density at radius 1 is 1.00 bits per heavy atom. The minimum absolute atomic E-state index is 0.120. The number of aryl methyl sites for hydroxylation is 3. The molecule has 150 valence electrons. The monoisotopic (exact) mass is 408 g/mol. The number of amides is 1. The fraction of sp³-hybridized carbons (Fsp3) is 0.333. The molecule has 8 heteroatoms. The van der Waals surface area contributed by atoms with Gasteiger partial charge in [0.2, 0.25) is 0 Å². The van der Waals surface area contributed by atoms with Gasteiger partial charge in [-0.25, -0.2) is 15.0 Å². The summed E-state index contributed by atoms with van der Waals surface area (Å²) in [6.07, 6.45) is 1.78. The number of carbonyl (C=O) groups is 1. The van der Waals surface area contributed by atoms with E-state index in [1.54, 1.807) is 6.20 Å². The number of carbonyl (C=O) groups excluding carboxylic acids is 1. The molecule has 3 aromatic heterocycles. The summed E-state index contributed by atoms with van der Waals surface area (Å²) in [4.78, 5) is 31.0. The molecule has 1 saturated heterocycles. The van der Waals surface area contributed by atoms with Crippen molar-refractivity contribution in [3.05, 3.63) is 57.7 Å². The lowest BCUT2D eigenvalue weighted by Crippen LogP contribution is -2.49. The molecule has 4 rings (SSSR count). The Labute approximate surface area is 174 Å². The van der Waals surface area contributed by atoms with Crippen LogP contribution in [0.4, 0.5) is 17.5 Å². The van der Waals surface area contributed by atoms with Crippen LogP contribution in [-0.4, -0.2) is 51.9 Å². The molecule has 0 aliphatic carbocycles. The van der Waals surface area contributed by atoms with Gasteiger partial charge in [0.1, 0.15) is 23.3 Å². The Morgan fingerprint density at radius 2 is 1.79 bits per heavy atom. The number of thiophene rings is 1. The largest absolute Gasteiger partial charge is 0.353 e. The lowest BCUT2D eigenvalue weighted by molar-refractivity contribution is 0.0751. The molecule has 0 atom stereocenters. The van der Waals surface area contributed by atoms with Crippen LogP contribution in [-0.2, 0) is 0 Å². The van der Waals surface area contributed by atoms with Crippen molar-refractivity contribution in [3.8, 4) is 0 Å². The molecule has 0 aromatic carbocycles. The number of anilines is 3. The van der Waals surface area contributed by atoms with Crippen molar-refractivity contribution in [2.75, 3.05) is 36.4 Å². The summed E-state index contributed by atoms with van der Waals surface area (Å²) in [7, 11) is 0. The molecule has 1 fully saturated rings. The van der Waals surface area contributed by atoms with Gasteiger partial charge in [-0.1, -0.05) is 0 Å². The van der Waals surface area contributed by atoms with Gasteiger partial charge in [-0.05, 0) is 55.5 Å². The van der Waals surface area contributed by atoms with Crippen molar-refractivity contribution in [1.82, 2.24) is 19.9 Å². The number of piperazine rings is 1. The lowest BCUT2D eigenvalue weighted by Gasteiger charge is -2.35. The average molecular weight is 409 g/mol. The highest BCUT2D eigenvalue weighted by atomic mass is 32.1. The molecular weight excluding hydrogens is 384 g/mol. The Bertz CT molecular complexity index is 1030. The topological polar surface area (TPSA) is 74.2 Å². The molecule has 0 bridgehead atoms. The second kappa shape index (κ2) is 8.16. The van der Waals surface area contributed by atoms with Crippen molar-refractivity contribution in [2.45, 2.75) is 20.8 Å². The zero-order valence-corrected chi connectivity index (χ0v) is 17.7. The lowest BCUT2D eigenvalue weighted by atomic mass is 10.2. The van der Waals surface area contributed by atoms with Crippen molar-refractivity contribution < 1.29 is 4.79 Å². The molecule has 3 aromatic rings. The molecule has 29 heavy (non-hydrogen) atoms. The zero-order chi connectivity index (χ0) is 20.4. The number of aromatic nitrogens is 3. The molecule has 0 saturated carbocycles. The third kappa shape index (κ3) is 4.54. The summed E-state index contributed by atoms with van der Waals surface area (Å²) in [6, 6.07) is 7.84. The molecule has 0 unspecified atom stereocenters. The zero-order valence-electron chi connectivity index (χ0n) is 16.8. The maximum absolute atomic E-state index is 12.7. The summed E-state index contributed by atoms with van der Waals surface area (Å²) in [5.74, 6) is 3.17. The van der Waals surface area contributed by atoms with Gasteiger partial charge in [0, 0.05) is 38.4 Å². The Kier molecular flexibility index (Phi) is 5.44. The van der Waals surface area contributed by atoms with Crippen LogP contribution in [0.15, 0.2) is 35.8 Å². The van der Waals surface area contributed by atoms with E-state index in [1.807, 2.05) is 55.3 Å². The first kappa shape index (κ1) is 19.3. The van der Waals surface area contributed by atoms with E-state index in [4.69, 9.17) is 0 Å². The fourth-order valence-corrected chi connectivity index (χ4v) is 4.22. The molecule has 1 amide bonds. The summed E-state index contributed by atoms with van der Waals surface area (Å²) >= 11 is 1.51. The maximum atomic E-state index is 12.7. The summed E-state index contributed by atoms with van der Waals surface area (Å²) < 4.78 is 0. The van der Waals surface area contributed by atoms with Gasteiger partial charge in [0.25, 0.3) is 5.91 Å². The first-order chi connectivity index (χ1) is 14.0. The number of hydrogen-bond donors (Lipinski definition) is 1. The van der Waals surface area contributed by atoms with Gasteiger partial charge in [0.15, 0.2) is 0 Å². The third-order valence-electron chi connectivity index (χ3n) is 4.83. The second-order valence-corrected chi connectivity index (χ2v) is 8.18. The summed E-state index contributed by atoms with van der Waals surface area (Å²) in [5.41, 5.74) is 2.27. The van der Waals surface area contributed by atoms with E-state index >= 15 is 0 Å². The number of nitrogens with one attached hydrogen (secondary N) is 1. The molecular formula is C21H24N6OS. The normalized spacial score (nSPS) is 14.2. The van der Waals surface area contributed by atoms with Crippen molar-refractivity contribution >= 4 is 34.7 Å². The summed E-state index contributed by atoms with van der Waals surface area (Å²) in [6.45, 7) is 8.78. The predicted octanol–water partition coefficient (Wildman–Crippen LogP) is 3.56. The molecule has 0 radical (unpaired) electrons. The number of hydrogen-bond acceptors (Lipinski definition) is 7. The fourth-order valence-electron chi connectivity index (χ4n) is 3.35. The van der Waals surface area contributed by atoms with E-state index in [0.717, 1.165) is 46.5 Å². The molecule has 1 aliphatic heterocycles. The van der Waals surface area contributed by atoms with E-state index in [1.165, 1.54) is 11.3 Å². The standard InChI is InChI=1S/C21H24N6OS/c1-14-4-5-22-18(11-14)25-19-12-20(24-16(3)23-19)26-6-8-27(9-7-26)21(28)17-10-15(2)13-29-17/h4-5,10-13H,6-9H2,1-3H3,(H,22,23,24,25). The number of rotatable bonds is 4. The SMILES string of the molecule is Cc1ccnc(Nc2cc(N3CCN(C(=O)c4cc(C)cs4)CC3)nc(C)n2)c1. The van der Waals surface area contributed by atoms with Crippen LogP contribution in [0.5, 0.6) is 0 Å². The highest BCUT2D eigenvalue weighted by molar-refractivity contribution is 7.12. The van der Waals surface area contributed by atoms with Gasteiger partial charge in [-0.2, -0.15) is 0 Å². The summed E-state index contributed by atoms with van der Waals surface area (Å²) in [5, 5.41) is 5.28. The first-order valence-electron chi connectivity index (χ1n) is 9.63. The van der Waals surface area contributed by atoms with Crippen LogP contribution in [0.2, 0.25) is 0 Å². The van der Waals surface area contributed by atoms with Gasteiger partial charge in [-0.15, -0.1) is 11.3 Å². The van der Waals surface area contributed by atoms with Crippen molar-refractivity contribution in [2.24, 2.45) is 0 Å². The smallest absolute Gasteiger partial charge is 0.264 e. The highest BCUT2D eigenvalue weighted by Gasteiger charge is 2.24. The third-order valence-corrected chi connectivity index (χ3v) is 5.86. The van der Waals surface area contributed by atoms with E-state index < -0.39 is 0 Å². The average Bonchev–Trinajstić information content (AvgIpc) is 3.13. The second-order valence-electron chi connectivity index (χ2n) is 7.27. The minimum atomic E-state index is 0.120. The van der Waals surface area contributed by atoms with Crippen LogP contribution < -0.4 is 10.2 Å². The molecule has 4 heterocycles. The van der Waals surface area contributed by atoms with Gasteiger partial charge in [-0.3, -0.25) is 4.79 Å². The minimum Gasteiger partial charge on any atom is -0.353 e. The van der Waals surface area contributed by atoms with Crippen molar-refractivity contribution in [1.29, 1.82) is 0 Å². The predicted molar refractivity (Wildman–Crippen MR) is 116 cm³/mol. The first-order valence-corrected chi connectivity index (χ1v) is 10.5. The Morgan fingerprint density at radius 3 is 2.48 bits per heavy atom. The maximum Gasteiger partial charge on any atom is 0.264 e. The van der Waals surface area contributed by atoms with E-state index in [2.05, 4.69) is 25.2 Å². The molecule has 0 spiro atoms. The van der Waals surface area contributed by atoms with Crippen molar-refractivity contribution in [3.63, 3.8) is 0 Å². The van der Waals surface area contributed by atoms with Crippen LogP contribution >= 0.6 is 11.3 Å². The Hall–Kier alpha value is -3.00. The van der Waals surface area contributed by atoms with E-state index in [0.29, 0.717) is 18.9 Å². The Balaban J connectivity index is 1.44. The highest BCUT2D eigenvalue weighted by Crippen LogP contribution is 2.22. The van der Waals surface area contributed by atoms with Crippen LogP contribution in [0.25, 0.3) is 0 Å². The van der Waals surface area contributed by atoms with Crippen LogP contribution in [0.3, 0.4) is 0 Å². The van der Waals surface area contributed by atoms with Crippen LogP contribution in [0.1, 0.15) is 26.6 Å². The van der Waals surface area contributed by atoms with Gasteiger partial charge in [0.05, 0.1) is 4.88 Å². The quantitative estimate of drug-likeness (QED) is 0.711. The molecule has 1 N–H and O–H groups in total. The van der Waals surface area contributed by atoms with Crippen LogP contribution in [0, 0.1) is 20.8 Å². The molecule has 1 aliphatic rings.